The largest absolute Gasteiger partial charge is 0.391 e. The van der Waals surface area contributed by atoms with Crippen molar-refractivity contribution in [3.63, 3.8) is 0 Å². The molecular weight excluding hydrogens is 240 g/mol. The molecular formula is C15H22N2O2. The Balaban J connectivity index is 2.12. The van der Waals surface area contributed by atoms with Crippen LogP contribution in [0.3, 0.4) is 0 Å². The number of likely N-dealkylation sites (N-methyl/N-ethyl adjacent to an activating group) is 1. The standard InChI is InChI=1S/C15H22N2O2/c1-3-12(11-7-5-4-6-8-11)17(2)15(19)14-13(18)9-10-16-14/h4-8,12-14,16,18H,3,9-10H2,1-2H3/t12?,13?,14-/m0/s1. The van der Waals surface area contributed by atoms with E-state index in [1.54, 1.807) is 4.90 Å². The molecule has 0 bridgehead atoms. The third-order valence-corrected chi connectivity index (χ3v) is 3.84. The lowest BCUT2D eigenvalue weighted by atomic mass is 10.0. The molecule has 1 fully saturated rings. The number of nitrogens with one attached hydrogen (secondary N) is 1. The van der Waals surface area contributed by atoms with Gasteiger partial charge in [0.05, 0.1) is 12.1 Å². The highest BCUT2D eigenvalue weighted by Gasteiger charge is 2.35. The first-order valence-corrected chi connectivity index (χ1v) is 6.88. The topological polar surface area (TPSA) is 52.6 Å². The number of amides is 1. The van der Waals surface area contributed by atoms with Crippen LogP contribution < -0.4 is 5.32 Å². The summed E-state index contributed by atoms with van der Waals surface area (Å²) in [5.41, 5.74) is 1.13. The van der Waals surface area contributed by atoms with Gasteiger partial charge in [0.2, 0.25) is 5.91 Å². The van der Waals surface area contributed by atoms with Gasteiger partial charge in [0.15, 0.2) is 0 Å². The van der Waals surface area contributed by atoms with E-state index in [9.17, 15) is 9.90 Å². The van der Waals surface area contributed by atoms with Crippen LogP contribution in [0.2, 0.25) is 0 Å². The van der Waals surface area contributed by atoms with E-state index in [0.717, 1.165) is 12.0 Å². The number of nitrogens with zero attached hydrogens (tertiary/aromatic N) is 1. The van der Waals surface area contributed by atoms with Gasteiger partial charge in [-0.25, -0.2) is 0 Å². The molecule has 2 N–H and O–H groups in total. The first kappa shape index (κ1) is 14.0. The van der Waals surface area contributed by atoms with E-state index in [-0.39, 0.29) is 11.9 Å². The Kier molecular flexibility index (Phi) is 4.56. The minimum absolute atomic E-state index is 0.0271. The van der Waals surface area contributed by atoms with Crippen LogP contribution in [0, 0.1) is 0 Å². The van der Waals surface area contributed by atoms with Crippen LogP contribution in [-0.4, -0.2) is 41.7 Å². The van der Waals surface area contributed by atoms with Crippen molar-refractivity contribution >= 4 is 5.91 Å². The summed E-state index contributed by atoms with van der Waals surface area (Å²) in [4.78, 5) is 14.2. The zero-order chi connectivity index (χ0) is 13.8. The van der Waals surface area contributed by atoms with Crippen LogP contribution >= 0.6 is 0 Å². The molecule has 19 heavy (non-hydrogen) atoms. The molecule has 1 aromatic rings. The summed E-state index contributed by atoms with van der Waals surface area (Å²) in [6, 6.07) is 9.62. The van der Waals surface area contributed by atoms with Crippen LogP contribution in [0.4, 0.5) is 0 Å². The molecule has 1 aliphatic heterocycles. The lowest BCUT2D eigenvalue weighted by Gasteiger charge is -2.30. The van der Waals surface area contributed by atoms with Gasteiger partial charge in [-0.1, -0.05) is 37.3 Å². The van der Waals surface area contributed by atoms with Crippen molar-refractivity contribution in [1.29, 1.82) is 0 Å². The molecule has 2 rings (SSSR count). The van der Waals surface area contributed by atoms with Gasteiger partial charge >= 0.3 is 0 Å². The van der Waals surface area contributed by atoms with Crippen LogP contribution in [0.5, 0.6) is 0 Å². The molecule has 104 valence electrons. The van der Waals surface area contributed by atoms with E-state index in [1.807, 2.05) is 37.4 Å². The van der Waals surface area contributed by atoms with E-state index in [0.29, 0.717) is 13.0 Å². The second-order valence-electron chi connectivity index (χ2n) is 5.07. The van der Waals surface area contributed by atoms with Gasteiger partial charge in [-0.2, -0.15) is 0 Å². The van der Waals surface area contributed by atoms with Crippen LogP contribution in [-0.2, 0) is 4.79 Å². The summed E-state index contributed by atoms with van der Waals surface area (Å²) in [5, 5.41) is 12.9. The Morgan fingerprint density at radius 1 is 1.47 bits per heavy atom. The highest BCUT2D eigenvalue weighted by molar-refractivity contribution is 5.83. The number of benzene rings is 1. The number of aliphatic hydroxyl groups excluding tert-OH is 1. The second kappa shape index (κ2) is 6.17. The first-order chi connectivity index (χ1) is 9.15. The van der Waals surface area contributed by atoms with E-state index in [1.165, 1.54) is 0 Å². The fourth-order valence-corrected chi connectivity index (χ4v) is 2.72. The SMILES string of the molecule is CCC(c1ccccc1)N(C)C(=O)[C@H]1NCCC1O. The predicted molar refractivity (Wildman–Crippen MR) is 74.7 cm³/mol. The van der Waals surface area contributed by atoms with Crippen molar-refractivity contribution in [2.45, 2.75) is 38.0 Å². The molecule has 0 radical (unpaired) electrons. The Bertz CT molecular complexity index is 421. The first-order valence-electron chi connectivity index (χ1n) is 6.88. The maximum atomic E-state index is 12.4. The zero-order valence-corrected chi connectivity index (χ0v) is 11.5. The lowest BCUT2D eigenvalue weighted by molar-refractivity contribution is -0.136. The average molecular weight is 262 g/mol. The van der Waals surface area contributed by atoms with Crippen LogP contribution in [0.15, 0.2) is 30.3 Å². The lowest BCUT2D eigenvalue weighted by Crippen LogP contribution is -2.47. The molecule has 0 saturated carbocycles. The average Bonchev–Trinajstić information content (AvgIpc) is 2.86. The monoisotopic (exact) mass is 262 g/mol. The quantitative estimate of drug-likeness (QED) is 0.860. The van der Waals surface area contributed by atoms with Crippen molar-refractivity contribution in [3.05, 3.63) is 35.9 Å². The fraction of sp³-hybridized carbons (Fsp3) is 0.533. The van der Waals surface area contributed by atoms with Crippen molar-refractivity contribution in [2.75, 3.05) is 13.6 Å². The normalized spacial score (nSPS) is 24.2. The summed E-state index contributed by atoms with van der Waals surface area (Å²) < 4.78 is 0. The minimum atomic E-state index is -0.566. The van der Waals surface area contributed by atoms with E-state index < -0.39 is 12.1 Å². The molecule has 4 nitrogen and oxygen atoms in total. The summed E-state index contributed by atoms with van der Waals surface area (Å²) in [7, 11) is 1.82. The third-order valence-electron chi connectivity index (χ3n) is 3.84. The number of carbonyl (C=O) groups excluding carboxylic acids is 1. The molecule has 0 spiro atoms. The maximum Gasteiger partial charge on any atom is 0.242 e. The van der Waals surface area contributed by atoms with Crippen molar-refractivity contribution < 1.29 is 9.90 Å². The van der Waals surface area contributed by atoms with Gasteiger partial charge in [0.1, 0.15) is 6.04 Å². The Hall–Kier alpha value is -1.39. The summed E-state index contributed by atoms with van der Waals surface area (Å²) in [6.45, 7) is 2.77. The van der Waals surface area contributed by atoms with Gasteiger partial charge < -0.3 is 15.3 Å². The number of rotatable bonds is 4. The molecule has 3 atom stereocenters. The molecule has 2 unspecified atom stereocenters. The van der Waals surface area contributed by atoms with Gasteiger partial charge in [0.25, 0.3) is 0 Å². The molecule has 1 aromatic carbocycles. The predicted octanol–water partition coefficient (Wildman–Crippen LogP) is 1.32. The second-order valence-corrected chi connectivity index (χ2v) is 5.07. The van der Waals surface area contributed by atoms with Gasteiger partial charge in [0, 0.05) is 7.05 Å². The van der Waals surface area contributed by atoms with Crippen LogP contribution in [0.25, 0.3) is 0 Å². The fourth-order valence-electron chi connectivity index (χ4n) is 2.72. The zero-order valence-electron chi connectivity index (χ0n) is 11.5. The summed E-state index contributed by atoms with van der Waals surface area (Å²) >= 11 is 0. The Morgan fingerprint density at radius 2 is 2.16 bits per heavy atom. The van der Waals surface area contributed by atoms with Gasteiger partial charge in [-0.05, 0) is 24.9 Å². The maximum absolute atomic E-state index is 12.4. The number of carbonyl (C=O) groups is 1. The number of aliphatic hydroxyl groups is 1. The molecule has 1 aliphatic rings. The molecule has 0 aliphatic carbocycles. The summed E-state index contributed by atoms with van der Waals surface area (Å²) in [5.74, 6) is -0.0271. The smallest absolute Gasteiger partial charge is 0.242 e. The van der Waals surface area contributed by atoms with E-state index in [2.05, 4.69) is 12.2 Å². The Labute approximate surface area is 114 Å². The van der Waals surface area contributed by atoms with E-state index >= 15 is 0 Å². The number of hydrogen-bond donors (Lipinski definition) is 2. The van der Waals surface area contributed by atoms with Crippen molar-refractivity contribution in [1.82, 2.24) is 10.2 Å². The number of hydrogen-bond acceptors (Lipinski definition) is 3. The highest BCUT2D eigenvalue weighted by atomic mass is 16.3. The molecule has 1 saturated heterocycles. The Morgan fingerprint density at radius 3 is 2.68 bits per heavy atom. The molecule has 4 heteroatoms. The molecule has 0 aromatic heterocycles. The molecule has 1 heterocycles. The van der Waals surface area contributed by atoms with Crippen molar-refractivity contribution in [3.8, 4) is 0 Å². The minimum Gasteiger partial charge on any atom is -0.391 e. The molecule has 1 amide bonds. The third kappa shape index (κ3) is 2.96. The van der Waals surface area contributed by atoms with E-state index in [4.69, 9.17) is 0 Å². The van der Waals surface area contributed by atoms with Crippen molar-refractivity contribution in [2.24, 2.45) is 0 Å². The highest BCUT2D eigenvalue weighted by Crippen LogP contribution is 2.24. The van der Waals surface area contributed by atoms with Gasteiger partial charge in [-0.3, -0.25) is 4.79 Å². The summed E-state index contributed by atoms with van der Waals surface area (Å²) in [6.07, 6.45) is 0.935. The van der Waals surface area contributed by atoms with Crippen LogP contribution in [0.1, 0.15) is 31.4 Å². The van der Waals surface area contributed by atoms with Gasteiger partial charge in [-0.15, -0.1) is 0 Å².